The molecule has 0 saturated heterocycles. The lowest BCUT2D eigenvalue weighted by molar-refractivity contribution is 0.588. The Labute approximate surface area is 407 Å². The van der Waals surface area contributed by atoms with Crippen LogP contribution in [0.3, 0.4) is 0 Å². The highest BCUT2D eigenvalue weighted by molar-refractivity contribution is 7.33. The van der Waals surface area contributed by atoms with E-state index in [1.54, 1.807) is 0 Å². The zero-order valence-corrected chi connectivity index (χ0v) is 41.8. The third-order valence-corrected chi connectivity index (χ3v) is 17.0. The summed E-state index contributed by atoms with van der Waals surface area (Å²) in [4.78, 5) is 5.18. The standard InChI is InChI=1S/C64H57BN2S/c1-38-33-55-58-56(34-38)67(43-30-25-40(26-31-43)62(5,6)7)59-48-36-47-46-32-27-41(63(8,9)10)35-51(46)64(49-19-13-11-17-44(49)45-18-12-14-20-50(45)64)52(47)37-57(48)68-60(59)65(58)53-21-15-16-22-54(53)66(55)42-28-23-39(24-29-42)61(2,3)4/h11-37H,1-10H3. The SMILES string of the molecule is Cc1cc2c3c(c1)N(c1ccc(C(C)(C)C)cc1)c1c(sc4cc5c(cc14)-c1ccc(C(C)(C)C)cc1C51c4ccccc4-c4ccccc41)B3c1ccccc1N2c1ccc(C(C)(C)C)cc1. The number of hydrogen-bond donors (Lipinski definition) is 0. The topological polar surface area (TPSA) is 6.48 Å². The van der Waals surface area contributed by atoms with E-state index in [0.29, 0.717) is 0 Å². The lowest BCUT2D eigenvalue weighted by atomic mass is 9.36. The van der Waals surface area contributed by atoms with Crippen molar-refractivity contribution in [2.45, 2.75) is 90.9 Å². The molecule has 4 aliphatic rings. The van der Waals surface area contributed by atoms with E-state index in [9.17, 15) is 0 Å². The molecule has 4 heteroatoms. The van der Waals surface area contributed by atoms with E-state index in [2.05, 4.69) is 243 Å². The fraction of sp³-hybridized carbons (Fsp3) is 0.219. The molecule has 1 spiro atoms. The van der Waals surface area contributed by atoms with Crippen molar-refractivity contribution in [3.05, 3.63) is 208 Å². The zero-order chi connectivity index (χ0) is 46.8. The van der Waals surface area contributed by atoms with Gasteiger partial charge in [-0.3, -0.25) is 0 Å². The Morgan fingerprint density at radius 1 is 0.441 bits per heavy atom. The molecule has 332 valence electrons. The first-order valence-corrected chi connectivity index (χ1v) is 25.4. The largest absolute Gasteiger partial charge is 0.311 e. The van der Waals surface area contributed by atoms with Crippen molar-refractivity contribution in [2.24, 2.45) is 0 Å². The van der Waals surface area contributed by atoms with Crippen LogP contribution in [0.5, 0.6) is 0 Å². The number of nitrogens with zero attached hydrogens (tertiary/aromatic N) is 2. The predicted molar refractivity (Wildman–Crippen MR) is 293 cm³/mol. The number of fused-ring (bicyclic) bond motifs is 16. The van der Waals surface area contributed by atoms with Crippen molar-refractivity contribution < 1.29 is 0 Å². The number of anilines is 6. The zero-order valence-electron chi connectivity index (χ0n) is 41.0. The molecule has 9 aromatic rings. The summed E-state index contributed by atoms with van der Waals surface area (Å²) in [6, 6.07) is 64.0. The smallest absolute Gasteiger partial charge is 0.264 e. The van der Waals surface area contributed by atoms with E-state index in [1.807, 2.05) is 11.3 Å². The number of aryl methyl sites for hydroxylation is 1. The Balaban J connectivity index is 1.12. The molecule has 1 aromatic heterocycles. The molecule has 2 aliphatic heterocycles. The van der Waals surface area contributed by atoms with Gasteiger partial charge in [0.05, 0.1) is 11.1 Å². The van der Waals surface area contributed by atoms with Gasteiger partial charge in [0.25, 0.3) is 6.71 Å². The second-order valence-electron chi connectivity index (χ2n) is 23.0. The molecule has 0 bridgehead atoms. The van der Waals surface area contributed by atoms with Gasteiger partial charge in [0.1, 0.15) is 0 Å². The quantitative estimate of drug-likeness (QED) is 0.160. The molecule has 0 radical (unpaired) electrons. The summed E-state index contributed by atoms with van der Waals surface area (Å²) in [5, 5.41) is 1.32. The summed E-state index contributed by atoms with van der Waals surface area (Å²) < 4.78 is 2.74. The Morgan fingerprint density at radius 3 is 1.54 bits per heavy atom. The van der Waals surface area contributed by atoms with Gasteiger partial charge in [-0.15, -0.1) is 11.3 Å². The van der Waals surface area contributed by atoms with E-state index in [-0.39, 0.29) is 23.0 Å². The summed E-state index contributed by atoms with van der Waals surface area (Å²) >= 11 is 2.01. The van der Waals surface area contributed by atoms with Gasteiger partial charge in [-0.2, -0.15) is 0 Å². The lowest BCUT2D eigenvalue weighted by Crippen LogP contribution is -2.60. The molecule has 8 aromatic carbocycles. The van der Waals surface area contributed by atoms with Crippen LogP contribution < -0.4 is 25.5 Å². The van der Waals surface area contributed by atoms with Gasteiger partial charge in [-0.05, 0) is 155 Å². The molecular weight excluding hydrogens is 840 g/mol. The Bertz CT molecular complexity index is 3540. The van der Waals surface area contributed by atoms with E-state index in [0.717, 1.165) is 0 Å². The molecule has 3 heterocycles. The van der Waals surface area contributed by atoms with E-state index in [4.69, 9.17) is 0 Å². The molecule has 0 fully saturated rings. The van der Waals surface area contributed by atoms with Crippen molar-refractivity contribution >= 4 is 78.0 Å². The summed E-state index contributed by atoms with van der Waals surface area (Å²) in [7, 11) is 0. The third kappa shape index (κ3) is 5.64. The van der Waals surface area contributed by atoms with Crippen molar-refractivity contribution in [3.63, 3.8) is 0 Å². The minimum absolute atomic E-state index is 0.00276. The van der Waals surface area contributed by atoms with Crippen LogP contribution in [0.4, 0.5) is 34.1 Å². The van der Waals surface area contributed by atoms with E-state index < -0.39 is 5.41 Å². The van der Waals surface area contributed by atoms with Crippen LogP contribution in [0.25, 0.3) is 32.3 Å². The number of rotatable bonds is 2. The highest BCUT2D eigenvalue weighted by Crippen LogP contribution is 2.64. The summed E-state index contributed by atoms with van der Waals surface area (Å²) in [6.07, 6.45) is 0. The normalized spacial score (nSPS) is 14.9. The monoisotopic (exact) mass is 896 g/mol. The molecule has 68 heavy (non-hydrogen) atoms. The first kappa shape index (κ1) is 41.6. The van der Waals surface area contributed by atoms with Crippen LogP contribution >= 0.6 is 11.3 Å². The first-order valence-electron chi connectivity index (χ1n) is 24.5. The highest BCUT2D eigenvalue weighted by Gasteiger charge is 2.53. The van der Waals surface area contributed by atoms with Crippen LogP contribution in [0.1, 0.15) is 107 Å². The molecule has 2 aliphatic carbocycles. The molecule has 0 N–H and O–H groups in total. The molecule has 2 nitrogen and oxygen atoms in total. The maximum Gasteiger partial charge on any atom is 0.264 e. The highest BCUT2D eigenvalue weighted by atomic mass is 32.1. The van der Waals surface area contributed by atoms with Crippen molar-refractivity contribution in [1.29, 1.82) is 0 Å². The maximum absolute atomic E-state index is 2.64. The van der Waals surface area contributed by atoms with E-state index >= 15 is 0 Å². The fourth-order valence-corrected chi connectivity index (χ4v) is 13.8. The number of hydrogen-bond acceptors (Lipinski definition) is 3. The van der Waals surface area contributed by atoms with Gasteiger partial charge < -0.3 is 9.80 Å². The van der Waals surface area contributed by atoms with E-state index in [1.165, 1.54) is 127 Å². The minimum atomic E-state index is -0.437. The van der Waals surface area contributed by atoms with Gasteiger partial charge in [-0.25, -0.2) is 0 Å². The van der Waals surface area contributed by atoms with Gasteiger partial charge in [0.15, 0.2) is 0 Å². The number of para-hydroxylation sites is 1. The Hall–Kier alpha value is -6.62. The van der Waals surface area contributed by atoms with Crippen LogP contribution in [0.2, 0.25) is 0 Å². The summed E-state index contributed by atoms with van der Waals surface area (Å²) in [5.74, 6) is 0. The summed E-state index contributed by atoms with van der Waals surface area (Å²) in [5.41, 5.74) is 26.1. The number of thiophene rings is 1. The molecule has 13 rings (SSSR count). The van der Waals surface area contributed by atoms with Gasteiger partial charge >= 0.3 is 0 Å². The second kappa shape index (κ2) is 14.0. The summed E-state index contributed by atoms with van der Waals surface area (Å²) in [6.45, 7) is 23.2. The van der Waals surface area contributed by atoms with Crippen LogP contribution in [0, 0.1) is 6.92 Å². The average Bonchev–Trinajstić information content (AvgIpc) is 3.93. The number of benzene rings is 8. The first-order chi connectivity index (χ1) is 32.5. The fourth-order valence-electron chi connectivity index (χ4n) is 12.4. The van der Waals surface area contributed by atoms with Crippen molar-refractivity contribution in [1.82, 2.24) is 0 Å². The molecule has 0 atom stereocenters. The van der Waals surface area contributed by atoms with Crippen molar-refractivity contribution in [3.8, 4) is 22.3 Å². The van der Waals surface area contributed by atoms with Crippen LogP contribution in [-0.4, -0.2) is 6.71 Å². The molecule has 0 unspecified atom stereocenters. The molecular formula is C64H57BN2S. The second-order valence-corrected chi connectivity index (χ2v) is 24.1. The molecule has 0 saturated carbocycles. The maximum atomic E-state index is 2.64. The Kier molecular flexibility index (Phi) is 8.55. The molecule has 0 amide bonds. The average molecular weight is 897 g/mol. The Morgan fingerprint density at radius 2 is 0.941 bits per heavy atom. The van der Waals surface area contributed by atoms with Gasteiger partial charge in [0, 0.05) is 43.3 Å². The van der Waals surface area contributed by atoms with Crippen molar-refractivity contribution in [2.75, 3.05) is 9.80 Å². The van der Waals surface area contributed by atoms with Gasteiger partial charge in [0.2, 0.25) is 0 Å². The van der Waals surface area contributed by atoms with Crippen LogP contribution in [-0.2, 0) is 21.7 Å². The lowest BCUT2D eigenvalue weighted by Gasteiger charge is -2.43. The third-order valence-electron chi connectivity index (χ3n) is 15.8. The van der Waals surface area contributed by atoms with Crippen LogP contribution in [0.15, 0.2) is 164 Å². The minimum Gasteiger partial charge on any atom is -0.311 e. The predicted octanol–water partition coefficient (Wildman–Crippen LogP) is 15.5. The van der Waals surface area contributed by atoms with Gasteiger partial charge in [-0.1, -0.05) is 172 Å².